The van der Waals surface area contributed by atoms with Crippen molar-refractivity contribution in [1.29, 1.82) is 0 Å². The van der Waals surface area contributed by atoms with E-state index in [1.807, 2.05) is 0 Å². The lowest BCUT2D eigenvalue weighted by molar-refractivity contribution is -0.387. The first kappa shape index (κ1) is 24.7. The second-order valence-electron chi connectivity index (χ2n) is 6.84. The van der Waals surface area contributed by atoms with Gasteiger partial charge < -0.3 is 0 Å². The highest BCUT2D eigenvalue weighted by Gasteiger charge is 2.19. The van der Waals surface area contributed by atoms with Crippen LogP contribution in [0.15, 0.2) is 86.8 Å². The zero-order valence-electron chi connectivity index (χ0n) is 17.4. The topological polar surface area (TPSA) is 143 Å². The van der Waals surface area contributed by atoms with Gasteiger partial charge in [0.1, 0.15) is 0 Å². The molecule has 0 aliphatic carbocycles. The van der Waals surface area contributed by atoms with Crippen LogP contribution >= 0.6 is 35.0 Å². The number of nitro benzene ring substituents is 1. The Morgan fingerprint density at radius 2 is 1.86 bits per heavy atom. The molecule has 4 aromatic rings. The molecule has 0 unspecified atom stereocenters. The van der Waals surface area contributed by atoms with E-state index >= 15 is 0 Å². The van der Waals surface area contributed by atoms with E-state index in [4.69, 9.17) is 23.2 Å². The Bertz CT molecular complexity index is 1530. The molecule has 3 aromatic carbocycles. The number of rotatable bonds is 8. The van der Waals surface area contributed by atoms with E-state index in [2.05, 4.69) is 25.1 Å². The number of sulfonamides is 1. The van der Waals surface area contributed by atoms with Gasteiger partial charge in [0, 0.05) is 22.2 Å². The molecule has 0 bridgehead atoms. The average molecular weight is 549 g/mol. The lowest BCUT2D eigenvalue weighted by Crippen LogP contribution is -2.18. The highest BCUT2D eigenvalue weighted by Crippen LogP contribution is 2.35. The average Bonchev–Trinajstić information content (AvgIpc) is 3.28. The maximum Gasteiger partial charge on any atom is 0.283 e. The monoisotopic (exact) mass is 548 g/mol. The fourth-order valence-corrected chi connectivity index (χ4v) is 4.97. The van der Waals surface area contributed by atoms with E-state index in [1.165, 1.54) is 30.5 Å². The Morgan fingerprint density at radius 3 is 2.57 bits per heavy atom. The molecule has 0 spiro atoms. The number of halogens is 2. The SMILES string of the molecule is O=[N+]([O-])c1cc(/C=N\NS(=O)(=O)c2ccccc2)ccc1Sc1n[nH]c(-c2ccc(Cl)cc2Cl)n1. The Balaban J connectivity index is 1.52. The first-order valence-corrected chi connectivity index (χ1v) is 12.7. The number of nitrogens with zero attached hydrogens (tertiary/aromatic N) is 4. The van der Waals surface area contributed by atoms with Crippen molar-refractivity contribution in [3.05, 3.63) is 92.5 Å². The predicted molar refractivity (Wildman–Crippen MR) is 133 cm³/mol. The Kier molecular flexibility index (Phi) is 7.36. The summed E-state index contributed by atoms with van der Waals surface area (Å²) < 4.78 is 24.5. The molecular formula is C21H14Cl2N6O4S2. The van der Waals surface area contributed by atoms with E-state index in [-0.39, 0.29) is 20.6 Å². The summed E-state index contributed by atoms with van der Waals surface area (Å²) in [6, 6.07) is 16.9. The number of nitrogens with one attached hydrogen (secondary N) is 2. The molecule has 0 amide bonds. The molecule has 0 radical (unpaired) electrons. The molecule has 0 aliphatic rings. The molecule has 2 N–H and O–H groups in total. The minimum absolute atomic E-state index is 0.0423. The number of hydrogen-bond acceptors (Lipinski definition) is 8. The standard InChI is InChI=1S/C21H14Cl2N6O4S2/c22-14-7-8-16(17(23)11-14)20-25-21(27-26-20)34-19-9-6-13(10-18(19)29(30)31)12-24-28-35(32,33)15-4-2-1-3-5-15/h1-12,28H,(H,25,26,27)/b24-12-. The maximum absolute atomic E-state index is 12.2. The van der Waals surface area contributed by atoms with Gasteiger partial charge in [-0.15, -0.1) is 5.10 Å². The fourth-order valence-electron chi connectivity index (χ4n) is 2.86. The van der Waals surface area contributed by atoms with Gasteiger partial charge in [0.2, 0.25) is 5.16 Å². The van der Waals surface area contributed by atoms with Gasteiger partial charge in [-0.25, -0.2) is 9.82 Å². The van der Waals surface area contributed by atoms with E-state index < -0.39 is 14.9 Å². The Morgan fingerprint density at radius 1 is 1.09 bits per heavy atom. The van der Waals surface area contributed by atoms with E-state index in [0.717, 1.165) is 11.8 Å². The summed E-state index contributed by atoms with van der Waals surface area (Å²) >= 11 is 13.1. The van der Waals surface area contributed by atoms with Crippen molar-refractivity contribution in [2.45, 2.75) is 14.9 Å². The van der Waals surface area contributed by atoms with E-state index in [9.17, 15) is 18.5 Å². The molecule has 1 heterocycles. The molecular weight excluding hydrogens is 535 g/mol. The minimum atomic E-state index is -3.85. The first-order chi connectivity index (χ1) is 16.7. The van der Waals surface area contributed by atoms with Crippen LogP contribution < -0.4 is 4.83 Å². The number of H-pyrrole nitrogens is 1. The van der Waals surface area contributed by atoms with Crippen LogP contribution in [0.1, 0.15) is 5.56 Å². The summed E-state index contributed by atoms with van der Waals surface area (Å²) in [4.78, 5) is 17.8. The lowest BCUT2D eigenvalue weighted by Gasteiger charge is -2.03. The van der Waals surface area contributed by atoms with Gasteiger partial charge in [0.25, 0.3) is 15.7 Å². The number of nitro groups is 1. The van der Waals surface area contributed by atoms with Crippen LogP contribution in [0.2, 0.25) is 10.0 Å². The van der Waals surface area contributed by atoms with Crippen LogP contribution in [0, 0.1) is 10.1 Å². The second kappa shape index (κ2) is 10.4. The van der Waals surface area contributed by atoms with Crippen molar-refractivity contribution in [3.8, 4) is 11.4 Å². The molecule has 1 aromatic heterocycles. The Labute approximate surface area is 213 Å². The van der Waals surface area contributed by atoms with Crippen LogP contribution in [-0.2, 0) is 10.0 Å². The van der Waals surface area contributed by atoms with Crippen molar-refractivity contribution in [3.63, 3.8) is 0 Å². The lowest BCUT2D eigenvalue weighted by atomic mass is 10.2. The van der Waals surface area contributed by atoms with E-state index in [1.54, 1.807) is 42.5 Å². The minimum Gasteiger partial charge on any atom is -0.258 e. The van der Waals surface area contributed by atoms with Crippen molar-refractivity contribution in [2.24, 2.45) is 5.10 Å². The predicted octanol–water partition coefficient (Wildman–Crippen LogP) is 5.15. The van der Waals surface area contributed by atoms with Gasteiger partial charge in [0.05, 0.1) is 26.0 Å². The molecule has 14 heteroatoms. The largest absolute Gasteiger partial charge is 0.283 e. The van der Waals surface area contributed by atoms with Crippen molar-refractivity contribution in [1.82, 2.24) is 20.0 Å². The normalized spacial score (nSPS) is 11.6. The third-order valence-corrected chi connectivity index (χ3v) is 7.19. The Hall–Kier alpha value is -3.45. The molecule has 0 saturated heterocycles. The van der Waals surface area contributed by atoms with Gasteiger partial charge in [0.15, 0.2) is 5.82 Å². The third kappa shape index (κ3) is 5.98. The smallest absolute Gasteiger partial charge is 0.258 e. The zero-order valence-corrected chi connectivity index (χ0v) is 20.6. The molecule has 178 valence electrons. The molecule has 0 aliphatic heterocycles. The van der Waals surface area contributed by atoms with Crippen molar-refractivity contribution < 1.29 is 13.3 Å². The van der Waals surface area contributed by atoms with Crippen LogP contribution in [-0.4, -0.2) is 34.7 Å². The van der Waals surface area contributed by atoms with Crippen molar-refractivity contribution in [2.75, 3.05) is 0 Å². The molecule has 0 saturated carbocycles. The molecule has 35 heavy (non-hydrogen) atoms. The molecule has 10 nitrogen and oxygen atoms in total. The highest BCUT2D eigenvalue weighted by molar-refractivity contribution is 7.99. The van der Waals surface area contributed by atoms with Crippen LogP contribution in [0.25, 0.3) is 11.4 Å². The summed E-state index contributed by atoms with van der Waals surface area (Å²) in [5.41, 5.74) is 0.676. The summed E-state index contributed by atoms with van der Waals surface area (Å²) in [5, 5.41) is 23.3. The number of aromatic nitrogens is 3. The number of aromatic amines is 1. The van der Waals surface area contributed by atoms with Gasteiger partial charge in [-0.2, -0.15) is 13.5 Å². The second-order valence-corrected chi connectivity index (χ2v) is 10.4. The first-order valence-electron chi connectivity index (χ1n) is 9.67. The van der Waals surface area contributed by atoms with Gasteiger partial charge >= 0.3 is 0 Å². The van der Waals surface area contributed by atoms with E-state index in [0.29, 0.717) is 27.0 Å². The number of benzene rings is 3. The number of hydrazone groups is 1. The summed E-state index contributed by atoms with van der Waals surface area (Å²) in [6.45, 7) is 0. The summed E-state index contributed by atoms with van der Waals surface area (Å²) in [5.74, 6) is 0.381. The highest BCUT2D eigenvalue weighted by atomic mass is 35.5. The van der Waals surface area contributed by atoms with Crippen molar-refractivity contribution >= 4 is 56.9 Å². The molecule has 4 rings (SSSR count). The molecule has 0 atom stereocenters. The fraction of sp³-hybridized carbons (Fsp3) is 0. The quantitative estimate of drug-likeness (QED) is 0.176. The van der Waals surface area contributed by atoms with Crippen LogP contribution in [0.4, 0.5) is 5.69 Å². The summed E-state index contributed by atoms with van der Waals surface area (Å²) in [6.07, 6.45) is 1.18. The number of hydrogen-bond donors (Lipinski definition) is 2. The molecule has 0 fully saturated rings. The zero-order chi connectivity index (χ0) is 25.0. The maximum atomic E-state index is 12.2. The third-order valence-electron chi connectivity index (χ3n) is 4.47. The van der Waals surface area contributed by atoms with Crippen LogP contribution in [0.3, 0.4) is 0 Å². The van der Waals surface area contributed by atoms with Gasteiger partial charge in [-0.3, -0.25) is 15.2 Å². The van der Waals surface area contributed by atoms with Crippen LogP contribution in [0.5, 0.6) is 0 Å². The van der Waals surface area contributed by atoms with Gasteiger partial charge in [-0.1, -0.05) is 47.5 Å². The van der Waals surface area contributed by atoms with Gasteiger partial charge in [-0.05, 0) is 48.2 Å². The summed E-state index contributed by atoms with van der Waals surface area (Å²) in [7, 11) is -3.85.